The molecular weight excluding hydrogens is 223 g/mol. The van der Waals surface area contributed by atoms with Crippen LogP contribution in [-0.2, 0) is 9.53 Å². The van der Waals surface area contributed by atoms with E-state index in [1.54, 1.807) is 0 Å². The van der Waals surface area contributed by atoms with Gasteiger partial charge >= 0.3 is 18.1 Å². The maximum Gasteiger partial charge on any atom is 0.465 e. The first-order chi connectivity index (χ1) is 6.50. The summed E-state index contributed by atoms with van der Waals surface area (Å²) in [5.41, 5.74) is 0. The summed E-state index contributed by atoms with van der Waals surface area (Å²) < 4.78 is 63.7. The molecule has 0 aliphatic carbocycles. The fourth-order valence-corrected chi connectivity index (χ4v) is 0.495. The van der Waals surface area contributed by atoms with Gasteiger partial charge in [-0.15, -0.1) is 0 Å². The molecule has 15 heavy (non-hydrogen) atoms. The van der Waals surface area contributed by atoms with Crippen molar-refractivity contribution in [3.8, 4) is 0 Å². The van der Waals surface area contributed by atoms with Crippen LogP contribution in [0.3, 0.4) is 0 Å². The number of hydrogen-bond acceptors (Lipinski definition) is 2. The Bertz CT molecular complexity index is 234. The van der Waals surface area contributed by atoms with Crippen molar-refractivity contribution in [1.29, 1.82) is 0 Å². The Labute approximate surface area is 83.4 Å². The second-order valence-corrected chi connectivity index (χ2v) is 3.43. The van der Waals surface area contributed by atoms with Crippen molar-refractivity contribution in [3.63, 3.8) is 0 Å². The minimum absolute atomic E-state index is 0.335. The molecule has 1 atom stereocenters. The zero-order valence-corrected chi connectivity index (χ0v) is 8.36. The lowest BCUT2D eigenvalue weighted by Gasteiger charge is -2.22. The molecule has 7 heteroatoms. The van der Waals surface area contributed by atoms with Gasteiger partial charge in [-0.3, -0.25) is 0 Å². The van der Waals surface area contributed by atoms with Crippen molar-refractivity contribution in [3.05, 3.63) is 0 Å². The van der Waals surface area contributed by atoms with E-state index in [0.717, 1.165) is 0 Å². The molecule has 1 unspecified atom stereocenters. The fourth-order valence-electron chi connectivity index (χ4n) is 0.495. The molecule has 0 aromatic carbocycles. The van der Waals surface area contributed by atoms with E-state index in [1.165, 1.54) is 20.8 Å². The maximum absolute atomic E-state index is 12.3. The van der Waals surface area contributed by atoms with E-state index in [-0.39, 0.29) is 5.92 Å². The van der Waals surface area contributed by atoms with Crippen LogP contribution >= 0.6 is 0 Å². The lowest BCUT2D eigenvalue weighted by molar-refractivity contribution is -0.282. The Balaban J connectivity index is 4.59. The first kappa shape index (κ1) is 14.1. The zero-order valence-electron chi connectivity index (χ0n) is 8.36. The minimum atomic E-state index is -5.92. The van der Waals surface area contributed by atoms with Crippen LogP contribution in [0.1, 0.15) is 20.8 Å². The van der Waals surface area contributed by atoms with Crippen molar-refractivity contribution in [2.24, 2.45) is 5.92 Å². The van der Waals surface area contributed by atoms with Gasteiger partial charge in [0.1, 0.15) is 6.10 Å². The van der Waals surface area contributed by atoms with Crippen molar-refractivity contribution in [1.82, 2.24) is 0 Å². The third kappa shape index (κ3) is 3.32. The summed E-state index contributed by atoms with van der Waals surface area (Å²) in [7, 11) is 0. The summed E-state index contributed by atoms with van der Waals surface area (Å²) in [6, 6.07) is 0. The van der Waals surface area contributed by atoms with Gasteiger partial charge in [-0.25, -0.2) is 4.79 Å². The number of halogens is 5. The molecule has 2 nitrogen and oxygen atoms in total. The molecule has 0 rings (SSSR count). The first-order valence-electron chi connectivity index (χ1n) is 4.15. The Morgan fingerprint density at radius 1 is 1.07 bits per heavy atom. The number of hydrogen-bond donors (Lipinski definition) is 0. The zero-order chi connectivity index (χ0) is 12.4. The normalized spacial score (nSPS) is 15.3. The minimum Gasteiger partial charge on any atom is -0.458 e. The predicted molar refractivity (Wildman–Crippen MR) is 41.4 cm³/mol. The standard InChI is InChI=1S/C8H11F5O2/c1-4(2)5(3)15-6(14)7(9,10)8(11,12)13/h4-5H,1-3H3. The largest absolute Gasteiger partial charge is 0.465 e. The highest BCUT2D eigenvalue weighted by Crippen LogP contribution is 2.36. The quantitative estimate of drug-likeness (QED) is 0.554. The van der Waals surface area contributed by atoms with Crippen LogP contribution in [0.5, 0.6) is 0 Å². The lowest BCUT2D eigenvalue weighted by atomic mass is 10.1. The van der Waals surface area contributed by atoms with Gasteiger partial charge in [0.25, 0.3) is 0 Å². The Morgan fingerprint density at radius 2 is 1.47 bits per heavy atom. The van der Waals surface area contributed by atoms with Crippen molar-refractivity contribution >= 4 is 5.97 Å². The molecule has 0 radical (unpaired) electrons. The van der Waals surface area contributed by atoms with Crippen molar-refractivity contribution in [2.75, 3.05) is 0 Å². The van der Waals surface area contributed by atoms with E-state index < -0.39 is 24.2 Å². The van der Waals surface area contributed by atoms with E-state index in [4.69, 9.17) is 0 Å². The molecule has 0 spiro atoms. The summed E-state index contributed by atoms with van der Waals surface area (Å²) in [6.07, 6.45) is -6.91. The molecule has 0 aliphatic heterocycles. The maximum atomic E-state index is 12.3. The van der Waals surface area contributed by atoms with Gasteiger partial charge in [0.2, 0.25) is 0 Å². The van der Waals surface area contributed by atoms with E-state index in [2.05, 4.69) is 4.74 Å². The van der Waals surface area contributed by atoms with Crippen LogP contribution in [0, 0.1) is 5.92 Å². The van der Waals surface area contributed by atoms with Crippen LogP contribution in [-0.4, -0.2) is 24.2 Å². The van der Waals surface area contributed by atoms with Crippen LogP contribution in [0.2, 0.25) is 0 Å². The topological polar surface area (TPSA) is 26.3 Å². The highest BCUT2D eigenvalue weighted by atomic mass is 19.4. The number of carbonyl (C=O) groups is 1. The summed E-state index contributed by atoms with van der Waals surface area (Å²) in [6.45, 7) is 4.31. The molecular formula is C8H11F5O2. The van der Waals surface area contributed by atoms with Crippen LogP contribution < -0.4 is 0 Å². The molecule has 0 aliphatic rings. The van der Waals surface area contributed by atoms with Crippen LogP contribution in [0.25, 0.3) is 0 Å². The van der Waals surface area contributed by atoms with Gasteiger partial charge < -0.3 is 4.74 Å². The molecule has 0 aromatic rings. The van der Waals surface area contributed by atoms with E-state index in [0.29, 0.717) is 0 Å². The SMILES string of the molecule is CC(C)C(C)OC(=O)C(F)(F)C(F)(F)F. The van der Waals surface area contributed by atoms with E-state index in [1.807, 2.05) is 0 Å². The van der Waals surface area contributed by atoms with Gasteiger partial charge in [0, 0.05) is 0 Å². The van der Waals surface area contributed by atoms with Gasteiger partial charge in [0.15, 0.2) is 0 Å². The number of rotatable bonds is 3. The van der Waals surface area contributed by atoms with Gasteiger partial charge in [0.05, 0.1) is 0 Å². The molecule has 0 N–H and O–H groups in total. The number of ether oxygens (including phenoxy) is 1. The van der Waals surface area contributed by atoms with Gasteiger partial charge in [-0.1, -0.05) is 13.8 Å². The number of esters is 1. The second-order valence-electron chi connectivity index (χ2n) is 3.43. The Hall–Kier alpha value is -0.880. The Morgan fingerprint density at radius 3 is 1.73 bits per heavy atom. The summed E-state index contributed by atoms with van der Waals surface area (Å²) in [5.74, 6) is -8.34. The van der Waals surface area contributed by atoms with E-state index >= 15 is 0 Å². The lowest BCUT2D eigenvalue weighted by Crippen LogP contribution is -2.46. The van der Waals surface area contributed by atoms with Gasteiger partial charge in [-0.05, 0) is 12.8 Å². The molecule has 0 fully saturated rings. The van der Waals surface area contributed by atoms with Crippen molar-refractivity contribution in [2.45, 2.75) is 39.0 Å². The average molecular weight is 234 g/mol. The third-order valence-electron chi connectivity index (χ3n) is 1.84. The molecule has 0 aromatic heterocycles. The molecule has 0 bridgehead atoms. The predicted octanol–water partition coefficient (Wildman–Crippen LogP) is 2.77. The molecule has 0 saturated heterocycles. The van der Waals surface area contributed by atoms with Crippen LogP contribution in [0.4, 0.5) is 22.0 Å². The molecule has 0 saturated carbocycles. The molecule has 0 heterocycles. The Kier molecular flexibility index (Phi) is 4.07. The van der Waals surface area contributed by atoms with Crippen molar-refractivity contribution < 1.29 is 31.5 Å². The third-order valence-corrected chi connectivity index (χ3v) is 1.84. The summed E-state index contributed by atoms with van der Waals surface area (Å²) >= 11 is 0. The fraction of sp³-hybridized carbons (Fsp3) is 0.875. The smallest absolute Gasteiger partial charge is 0.458 e. The summed E-state index contributed by atoms with van der Waals surface area (Å²) in [5, 5.41) is 0. The summed E-state index contributed by atoms with van der Waals surface area (Å²) in [4.78, 5) is 10.5. The molecule has 0 amide bonds. The molecule has 90 valence electrons. The van der Waals surface area contributed by atoms with Crippen LogP contribution in [0.15, 0.2) is 0 Å². The number of carbonyl (C=O) groups excluding carboxylic acids is 1. The van der Waals surface area contributed by atoms with Gasteiger partial charge in [-0.2, -0.15) is 22.0 Å². The first-order valence-corrected chi connectivity index (χ1v) is 4.15. The second kappa shape index (κ2) is 4.32. The highest BCUT2D eigenvalue weighted by Gasteiger charge is 2.65. The monoisotopic (exact) mass is 234 g/mol. The average Bonchev–Trinajstić information content (AvgIpc) is 2.01. The number of alkyl halides is 5. The van der Waals surface area contributed by atoms with E-state index in [9.17, 15) is 26.7 Å². The highest BCUT2D eigenvalue weighted by molar-refractivity contribution is 5.78.